The van der Waals surface area contributed by atoms with E-state index in [1.54, 1.807) is 0 Å². The number of carbonyl (C=O) groups excluding carboxylic acids is 1. The summed E-state index contributed by atoms with van der Waals surface area (Å²) in [6.07, 6.45) is 4.01. The van der Waals surface area contributed by atoms with Gasteiger partial charge in [-0.25, -0.2) is 14.8 Å². The highest BCUT2D eigenvalue weighted by atomic mass is 32.1. The molecule has 0 aliphatic carbocycles. The Balaban J connectivity index is 2.24. The van der Waals surface area contributed by atoms with Gasteiger partial charge in [0.2, 0.25) is 0 Å². The molecule has 2 N–H and O–H groups in total. The third-order valence-corrected chi connectivity index (χ3v) is 3.15. The number of aromatic nitrogens is 4. The summed E-state index contributed by atoms with van der Waals surface area (Å²) in [7, 11) is 0. The highest BCUT2D eigenvalue weighted by molar-refractivity contribution is 7.08. The molecule has 9 heteroatoms. The van der Waals surface area contributed by atoms with Crippen LogP contribution in [0.3, 0.4) is 0 Å². The molecule has 0 saturated heterocycles. The van der Waals surface area contributed by atoms with Crippen molar-refractivity contribution in [2.45, 2.75) is 19.8 Å². The predicted octanol–water partition coefficient (Wildman–Crippen LogP) is 1.23. The molecular formula is C11H11N5O3S. The maximum absolute atomic E-state index is 12.1. The fraction of sp³-hybridized carbons (Fsp3) is 0.273. The number of carboxylic acid groups (broad SMARTS) is 1. The van der Waals surface area contributed by atoms with Crippen LogP contribution in [0.2, 0.25) is 0 Å². The Morgan fingerprint density at radius 1 is 1.35 bits per heavy atom. The molecule has 0 atom stereocenters. The molecule has 0 saturated carbocycles. The summed E-state index contributed by atoms with van der Waals surface area (Å²) in [6.45, 7) is 1.96. The van der Waals surface area contributed by atoms with E-state index in [4.69, 9.17) is 5.11 Å². The Labute approximate surface area is 118 Å². The summed E-state index contributed by atoms with van der Waals surface area (Å²) in [6, 6.07) is 0. The molecule has 2 aromatic heterocycles. The second kappa shape index (κ2) is 6.15. The lowest BCUT2D eigenvalue weighted by Gasteiger charge is -2.05. The molecule has 2 rings (SSSR count). The zero-order valence-electron chi connectivity index (χ0n) is 10.5. The molecule has 20 heavy (non-hydrogen) atoms. The Hall–Kier alpha value is -2.42. The van der Waals surface area contributed by atoms with Gasteiger partial charge in [-0.3, -0.25) is 4.79 Å². The number of amides is 1. The molecule has 2 heterocycles. The van der Waals surface area contributed by atoms with Crippen LogP contribution in [-0.4, -0.2) is 36.5 Å². The molecular weight excluding hydrogens is 282 g/mol. The van der Waals surface area contributed by atoms with E-state index in [2.05, 4.69) is 24.9 Å². The number of carbonyl (C=O) groups is 2. The number of hydrogen-bond acceptors (Lipinski definition) is 7. The quantitative estimate of drug-likeness (QED) is 0.851. The monoisotopic (exact) mass is 293 g/mol. The fourth-order valence-corrected chi connectivity index (χ4v) is 2.14. The van der Waals surface area contributed by atoms with E-state index in [1.165, 1.54) is 12.4 Å². The molecule has 1 amide bonds. The van der Waals surface area contributed by atoms with Crippen molar-refractivity contribution in [2.24, 2.45) is 0 Å². The van der Waals surface area contributed by atoms with Gasteiger partial charge in [0.15, 0.2) is 11.5 Å². The van der Waals surface area contributed by atoms with Crippen molar-refractivity contribution < 1.29 is 14.7 Å². The highest BCUT2D eigenvalue weighted by Gasteiger charge is 2.20. The molecule has 0 unspecified atom stereocenters. The number of nitrogens with one attached hydrogen (secondary N) is 1. The van der Waals surface area contributed by atoms with Crippen molar-refractivity contribution in [2.75, 3.05) is 5.32 Å². The van der Waals surface area contributed by atoms with Gasteiger partial charge in [0, 0.05) is 12.4 Å². The van der Waals surface area contributed by atoms with E-state index in [0.29, 0.717) is 17.0 Å². The Morgan fingerprint density at radius 2 is 2.10 bits per heavy atom. The van der Waals surface area contributed by atoms with Crippen molar-refractivity contribution in [3.63, 3.8) is 0 Å². The van der Waals surface area contributed by atoms with E-state index in [9.17, 15) is 9.59 Å². The van der Waals surface area contributed by atoms with Crippen LogP contribution >= 0.6 is 11.5 Å². The zero-order chi connectivity index (χ0) is 14.5. The first-order valence-corrected chi connectivity index (χ1v) is 6.57. The average molecular weight is 293 g/mol. The standard InChI is InChI=1S/C11H11N5O3S/c1-2-3-6-8(20-16-15-6)10(17)14-9-7(11(18)19)12-4-5-13-9/h4-5H,2-3H2,1H3,(H,18,19)(H,13,14,17). The molecule has 8 nitrogen and oxygen atoms in total. The van der Waals surface area contributed by atoms with Crippen LogP contribution in [-0.2, 0) is 6.42 Å². The van der Waals surface area contributed by atoms with E-state index >= 15 is 0 Å². The minimum Gasteiger partial charge on any atom is -0.476 e. The van der Waals surface area contributed by atoms with E-state index in [-0.39, 0.29) is 11.5 Å². The lowest BCUT2D eigenvalue weighted by molar-refractivity contribution is 0.0691. The van der Waals surface area contributed by atoms with Gasteiger partial charge in [-0.05, 0) is 18.0 Å². The number of hydrogen-bond donors (Lipinski definition) is 2. The zero-order valence-corrected chi connectivity index (χ0v) is 11.3. The minimum atomic E-state index is -1.26. The highest BCUT2D eigenvalue weighted by Crippen LogP contribution is 2.16. The maximum atomic E-state index is 12.1. The van der Waals surface area contributed by atoms with Gasteiger partial charge in [-0.1, -0.05) is 17.8 Å². The van der Waals surface area contributed by atoms with Gasteiger partial charge in [0.25, 0.3) is 5.91 Å². The van der Waals surface area contributed by atoms with Crippen LogP contribution in [0.15, 0.2) is 12.4 Å². The van der Waals surface area contributed by atoms with Crippen molar-refractivity contribution in [3.8, 4) is 0 Å². The largest absolute Gasteiger partial charge is 0.476 e. The van der Waals surface area contributed by atoms with Gasteiger partial charge < -0.3 is 10.4 Å². The van der Waals surface area contributed by atoms with Crippen LogP contribution in [0.4, 0.5) is 5.82 Å². The smallest absolute Gasteiger partial charge is 0.358 e. The Kier molecular flexibility index (Phi) is 4.31. The van der Waals surface area contributed by atoms with Gasteiger partial charge in [-0.15, -0.1) is 5.10 Å². The number of carboxylic acids is 1. The summed E-state index contributed by atoms with van der Waals surface area (Å²) in [5.74, 6) is -1.84. The number of aromatic carboxylic acids is 1. The van der Waals surface area contributed by atoms with E-state index in [1.807, 2.05) is 6.92 Å². The number of rotatable bonds is 5. The van der Waals surface area contributed by atoms with Crippen molar-refractivity contribution >= 4 is 29.2 Å². The maximum Gasteiger partial charge on any atom is 0.358 e. The summed E-state index contributed by atoms with van der Waals surface area (Å²) in [5.41, 5.74) is 0.283. The Morgan fingerprint density at radius 3 is 2.80 bits per heavy atom. The summed E-state index contributed by atoms with van der Waals surface area (Å²) < 4.78 is 3.74. The molecule has 2 aromatic rings. The lowest BCUT2D eigenvalue weighted by Crippen LogP contribution is -2.17. The topological polar surface area (TPSA) is 118 Å². The average Bonchev–Trinajstić information content (AvgIpc) is 2.88. The van der Waals surface area contributed by atoms with Gasteiger partial charge in [0.05, 0.1) is 5.69 Å². The van der Waals surface area contributed by atoms with Gasteiger partial charge >= 0.3 is 5.97 Å². The van der Waals surface area contributed by atoms with Crippen LogP contribution < -0.4 is 5.32 Å². The van der Waals surface area contributed by atoms with Crippen molar-refractivity contribution in [3.05, 3.63) is 28.7 Å². The van der Waals surface area contributed by atoms with Crippen molar-refractivity contribution in [1.29, 1.82) is 0 Å². The third-order valence-electron chi connectivity index (χ3n) is 2.38. The summed E-state index contributed by atoms with van der Waals surface area (Å²) in [5, 5.41) is 15.3. The molecule has 0 aromatic carbocycles. The number of nitrogens with zero attached hydrogens (tertiary/aromatic N) is 4. The first kappa shape index (κ1) is 14.0. The van der Waals surface area contributed by atoms with Crippen LogP contribution in [0.1, 0.15) is 39.2 Å². The SMILES string of the molecule is CCCc1nnsc1C(=O)Nc1nccnc1C(=O)O. The molecule has 104 valence electrons. The first-order valence-electron chi connectivity index (χ1n) is 5.80. The fourth-order valence-electron chi connectivity index (χ4n) is 1.53. The second-order valence-corrected chi connectivity index (χ2v) is 4.57. The summed E-state index contributed by atoms with van der Waals surface area (Å²) in [4.78, 5) is 30.9. The normalized spacial score (nSPS) is 10.2. The van der Waals surface area contributed by atoms with E-state index < -0.39 is 11.9 Å². The van der Waals surface area contributed by atoms with Crippen LogP contribution in [0, 0.1) is 0 Å². The first-order chi connectivity index (χ1) is 9.63. The van der Waals surface area contributed by atoms with Crippen LogP contribution in [0.25, 0.3) is 0 Å². The minimum absolute atomic E-state index is 0.0964. The molecule has 0 fully saturated rings. The number of anilines is 1. The molecule has 0 bridgehead atoms. The molecule has 0 aliphatic rings. The second-order valence-electron chi connectivity index (χ2n) is 3.81. The summed E-state index contributed by atoms with van der Waals surface area (Å²) >= 11 is 0.962. The molecule has 0 radical (unpaired) electrons. The number of aryl methyl sites for hydroxylation is 1. The predicted molar refractivity (Wildman–Crippen MR) is 70.8 cm³/mol. The molecule has 0 spiro atoms. The van der Waals surface area contributed by atoms with Crippen LogP contribution in [0.5, 0.6) is 0 Å². The van der Waals surface area contributed by atoms with Crippen molar-refractivity contribution in [1.82, 2.24) is 19.6 Å². The van der Waals surface area contributed by atoms with E-state index in [0.717, 1.165) is 18.0 Å². The van der Waals surface area contributed by atoms with Gasteiger partial charge in [0.1, 0.15) is 4.88 Å². The Bertz CT molecular complexity index is 642. The molecule has 0 aliphatic heterocycles. The van der Waals surface area contributed by atoms with Gasteiger partial charge in [-0.2, -0.15) is 0 Å². The third kappa shape index (κ3) is 2.94. The lowest BCUT2D eigenvalue weighted by atomic mass is 10.2.